The van der Waals surface area contributed by atoms with Crippen LogP contribution in [0.1, 0.15) is 57.3 Å². The lowest BCUT2D eigenvalue weighted by molar-refractivity contribution is -0.131. The van der Waals surface area contributed by atoms with Gasteiger partial charge in [0.2, 0.25) is 11.8 Å². The van der Waals surface area contributed by atoms with Crippen LogP contribution in [0.15, 0.2) is 36.5 Å². The van der Waals surface area contributed by atoms with Gasteiger partial charge in [-0.2, -0.15) is 0 Å². The Morgan fingerprint density at radius 1 is 1.07 bits per heavy atom. The van der Waals surface area contributed by atoms with Crippen molar-refractivity contribution >= 4 is 28.6 Å². The predicted octanol–water partition coefficient (Wildman–Crippen LogP) is 2.68. The van der Waals surface area contributed by atoms with Gasteiger partial charge >= 0.3 is 0 Å². The number of aliphatic hydroxyl groups excluding tert-OH is 1. The molecule has 5 rings (SSSR count). The number of hydrogen-bond donors (Lipinski definition) is 4. The summed E-state index contributed by atoms with van der Waals surface area (Å²) in [6.45, 7) is 11.1. The number of ether oxygens (including phenoxy) is 1. The van der Waals surface area contributed by atoms with Gasteiger partial charge in [0.1, 0.15) is 11.8 Å². The Kier molecular flexibility index (Phi) is 10.1. The number of aryl methyl sites for hydroxylation is 5. The monoisotopic (exact) mass is 629 g/mol. The first kappa shape index (κ1) is 32.7. The minimum atomic E-state index is -1.19. The summed E-state index contributed by atoms with van der Waals surface area (Å²) in [4.78, 5) is 45.4. The van der Waals surface area contributed by atoms with Gasteiger partial charge in [0, 0.05) is 67.4 Å². The van der Waals surface area contributed by atoms with E-state index < -0.39 is 24.0 Å². The first-order valence-corrected chi connectivity index (χ1v) is 15.8. The number of nitrogens with one attached hydrogen (secondary N) is 3. The number of carbonyl (C=O) groups excluding carboxylic acids is 3. The number of amides is 3. The predicted molar refractivity (Wildman–Crippen MR) is 174 cm³/mol. The highest BCUT2D eigenvalue weighted by Crippen LogP contribution is 2.29. The van der Waals surface area contributed by atoms with E-state index in [1.54, 1.807) is 27.8 Å². The Morgan fingerprint density at radius 3 is 2.61 bits per heavy atom. The largest absolute Gasteiger partial charge is 0.493 e. The van der Waals surface area contributed by atoms with Crippen molar-refractivity contribution in [3.8, 4) is 5.75 Å². The van der Waals surface area contributed by atoms with Gasteiger partial charge in [-0.25, -0.2) is 0 Å². The van der Waals surface area contributed by atoms with Crippen molar-refractivity contribution in [3.63, 3.8) is 0 Å². The molecule has 2 aromatic carbocycles. The number of aliphatic hydroxyl groups is 1. The fourth-order valence-electron chi connectivity index (χ4n) is 5.83. The minimum Gasteiger partial charge on any atom is -0.493 e. The van der Waals surface area contributed by atoms with E-state index in [2.05, 4.69) is 38.1 Å². The summed E-state index contributed by atoms with van der Waals surface area (Å²) >= 11 is 0. The molecular weight excluding hydrogens is 586 g/mol. The molecule has 0 radical (unpaired) electrons. The van der Waals surface area contributed by atoms with E-state index in [9.17, 15) is 19.5 Å². The van der Waals surface area contributed by atoms with Crippen molar-refractivity contribution < 1.29 is 24.2 Å². The van der Waals surface area contributed by atoms with Gasteiger partial charge in [-0.3, -0.25) is 19.1 Å². The van der Waals surface area contributed by atoms with Crippen LogP contribution in [0.2, 0.25) is 0 Å². The number of H-pyrrole nitrogens is 1. The normalized spacial score (nSPS) is 17.6. The molecule has 0 spiro atoms. The third-order valence-corrected chi connectivity index (χ3v) is 8.57. The van der Waals surface area contributed by atoms with E-state index in [0.29, 0.717) is 43.9 Å². The smallest absolute Gasteiger partial charge is 0.252 e. The molecule has 0 saturated heterocycles. The molecule has 4 N–H and O–H groups in total. The quantitative estimate of drug-likeness (QED) is 0.272. The summed E-state index contributed by atoms with van der Waals surface area (Å²) in [5.41, 5.74) is 7.10. The average Bonchev–Trinajstić information content (AvgIpc) is 3.61. The third-order valence-electron chi connectivity index (χ3n) is 8.57. The summed E-state index contributed by atoms with van der Waals surface area (Å²) in [5, 5.41) is 25.5. The van der Waals surface area contributed by atoms with Crippen LogP contribution in [-0.2, 0) is 29.0 Å². The summed E-state index contributed by atoms with van der Waals surface area (Å²) in [5.74, 6) is -0.569. The fourth-order valence-corrected chi connectivity index (χ4v) is 5.83. The molecular formula is C34H43N7O5. The highest BCUT2D eigenvalue weighted by molar-refractivity contribution is 5.98. The van der Waals surface area contributed by atoms with Crippen LogP contribution in [0.4, 0.5) is 0 Å². The molecule has 2 aromatic heterocycles. The van der Waals surface area contributed by atoms with Crippen LogP contribution >= 0.6 is 0 Å². The summed E-state index contributed by atoms with van der Waals surface area (Å²) in [6.07, 6.45) is 2.07. The van der Waals surface area contributed by atoms with Crippen molar-refractivity contribution in [2.75, 3.05) is 26.2 Å². The van der Waals surface area contributed by atoms with E-state index in [-0.39, 0.29) is 25.4 Å². The first-order valence-electron chi connectivity index (χ1n) is 15.8. The SMILES string of the molecule is Cc1ccc2cc1OCCCn1cc(nn1)CCN(C(=O)Cc1c(C)[nH]c3c(C)ccc(C)c13)CCNC(=O)[C@H]([C@@H](C)O)NC2=O. The highest BCUT2D eigenvalue weighted by Gasteiger charge is 2.27. The Balaban J connectivity index is 1.38. The number of nitrogens with zero attached hydrogens (tertiary/aromatic N) is 4. The number of benzene rings is 2. The lowest BCUT2D eigenvalue weighted by atomic mass is 10.0. The lowest BCUT2D eigenvalue weighted by Gasteiger charge is -2.25. The second kappa shape index (κ2) is 14.2. The molecule has 46 heavy (non-hydrogen) atoms. The van der Waals surface area contributed by atoms with Crippen LogP contribution in [0.25, 0.3) is 10.9 Å². The number of carbonyl (C=O) groups is 3. The average molecular weight is 630 g/mol. The maximum atomic E-state index is 13.9. The van der Waals surface area contributed by atoms with Gasteiger partial charge in [-0.1, -0.05) is 23.4 Å². The molecule has 0 saturated carbocycles. The molecule has 0 aliphatic carbocycles. The number of rotatable bonds is 3. The van der Waals surface area contributed by atoms with Crippen molar-refractivity contribution in [3.05, 3.63) is 75.7 Å². The molecule has 4 aromatic rings. The summed E-state index contributed by atoms with van der Waals surface area (Å²) in [7, 11) is 0. The van der Waals surface area contributed by atoms with Crippen molar-refractivity contribution in [2.24, 2.45) is 0 Å². The highest BCUT2D eigenvalue weighted by atomic mass is 16.5. The molecule has 244 valence electrons. The Bertz CT molecular complexity index is 1740. The molecule has 12 heteroatoms. The molecule has 0 fully saturated rings. The van der Waals surface area contributed by atoms with E-state index in [4.69, 9.17) is 4.74 Å². The molecule has 1 aliphatic rings. The van der Waals surface area contributed by atoms with Gasteiger partial charge in [0.05, 0.1) is 24.8 Å². The molecule has 2 atom stereocenters. The lowest BCUT2D eigenvalue weighted by Crippen LogP contribution is -2.53. The maximum absolute atomic E-state index is 13.9. The van der Waals surface area contributed by atoms with E-state index >= 15 is 0 Å². The molecule has 0 unspecified atom stereocenters. The summed E-state index contributed by atoms with van der Waals surface area (Å²) < 4.78 is 7.73. The van der Waals surface area contributed by atoms with Crippen LogP contribution in [0.5, 0.6) is 5.75 Å². The second-order valence-electron chi connectivity index (χ2n) is 12.1. The minimum absolute atomic E-state index is 0.0820. The van der Waals surface area contributed by atoms with Crippen LogP contribution in [-0.4, -0.2) is 86.1 Å². The Morgan fingerprint density at radius 2 is 1.83 bits per heavy atom. The number of fused-ring (bicyclic) bond motifs is 5. The Labute approximate surface area is 268 Å². The number of aromatic amines is 1. The first-order chi connectivity index (χ1) is 22.0. The van der Waals surface area contributed by atoms with Crippen molar-refractivity contribution in [1.82, 2.24) is 35.5 Å². The van der Waals surface area contributed by atoms with Gasteiger partial charge in [0.15, 0.2) is 0 Å². The fraction of sp³-hybridized carbons (Fsp3) is 0.441. The number of aromatic nitrogens is 4. The van der Waals surface area contributed by atoms with Gasteiger partial charge in [0.25, 0.3) is 5.91 Å². The van der Waals surface area contributed by atoms with Crippen LogP contribution in [0, 0.1) is 27.7 Å². The molecule has 12 nitrogen and oxygen atoms in total. The van der Waals surface area contributed by atoms with Gasteiger partial charge in [-0.05, 0) is 69.0 Å². The van der Waals surface area contributed by atoms with Crippen molar-refractivity contribution in [1.29, 1.82) is 0 Å². The van der Waals surface area contributed by atoms with Gasteiger partial charge in [-0.15, -0.1) is 5.10 Å². The van der Waals surface area contributed by atoms with Gasteiger partial charge < -0.3 is 30.4 Å². The number of hydrogen-bond acceptors (Lipinski definition) is 7. The third kappa shape index (κ3) is 7.39. The molecule has 3 amide bonds. The van der Waals surface area contributed by atoms with Crippen molar-refractivity contribution in [2.45, 2.75) is 72.6 Å². The molecule has 3 heterocycles. The molecule has 4 bridgehead atoms. The second-order valence-corrected chi connectivity index (χ2v) is 12.1. The van der Waals surface area contributed by atoms with E-state index in [0.717, 1.165) is 44.5 Å². The molecule has 1 aliphatic heterocycles. The standard InChI is InChI=1S/C34H43N7O5/c1-20-9-10-25-17-28(20)46-16-6-13-41-19-26(38-39-41)11-14-40(15-12-35-34(45)32(24(5)42)37-33(25)44)29(43)18-27-23(4)36-31-22(3)8-7-21(2)30(27)31/h7-10,17,19,24,32,36,42H,6,11-16,18H2,1-5H3,(H,35,45)(H,37,44)/t24-,32+/m1/s1. The van der Waals surface area contributed by atoms with E-state index in [1.165, 1.54) is 6.92 Å². The van der Waals surface area contributed by atoms with E-state index in [1.807, 2.05) is 33.9 Å². The van der Waals surface area contributed by atoms with Crippen LogP contribution < -0.4 is 15.4 Å². The zero-order valence-corrected chi connectivity index (χ0v) is 27.1. The summed E-state index contributed by atoms with van der Waals surface area (Å²) in [6, 6.07) is 8.02. The topological polar surface area (TPSA) is 154 Å². The zero-order chi connectivity index (χ0) is 33.0. The van der Waals surface area contributed by atoms with Crippen LogP contribution in [0.3, 0.4) is 0 Å². The Hall–Kier alpha value is -4.71. The zero-order valence-electron chi connectivity index (χ0n) is 27.1. The maximum Gasteiger partial charge on any atom is 0.252 e.